The molecule has 2 aromatic rings. The number of aromatic carboxylic acids is 1. The average molecular weight is 228 g/mol. The van der Waals surface area contributed by atoms with Crippen LogP contribution in [0.15, 0.2) is 24.3 Å². The number of nitrogens with two attached hydrogens (primary N) is 1. The lowest BCUT2D eigenvalue weighted by Gasteiger charge is -1.90. The number of carbonyl (C=O) groups excluding carboxylic acids is 1. The zero-order valence-corrected chi connectivity index (χ0v) is 8.65. The van der Waals surface area contributed by atoms with Gasteiger partial charge in [0.1, 0.15) is 5.69 Å². The van der Waals surface area contributed by atoms with Crippen molar-refractivity contribution in [3.05, 3.63) is 35.5 Å². The Labute approximate surface area is 96.2 Å². The summed E-state index contributed by atoms with van der Waals surface area (Å²) in [6.45, 7) is 0. The average Bonchev–Trinajstić information content (AvgIpc) is 2.69. The molecule has 5 nitrogen and oxygen atoms in total. The molecule has 17 heavy (non-hydrogen) atoms. The first kappa shape index (κ1) is 10.8. The van der Waals surface area contributed by atoms with E-state index >= 15 is 0 Å². The minimum absolute atomic E-state index is 0.111. The van der Waals surface area contributed by atoms with Gasteiger partial charge in [-0.15, -0.1) is 0 Å². The summed E-state index contributed by atoms with van der Waals surface area (Å²) < 4.78 is 0. The molecule has 5 heteroatoms. The van der Waals surface area contributed by atoms with Gasteiger partial charge >= 0.3 is 5.97 Å². The first-order chi connectivity index (χ1) is 8.06. The van der Waals surface area contributed by atoms with Gasteiger partial charge in [0.15, 0.2) is 0 Å². The Morgan fingerprint density at radius 2 is 2.06 bits per heavy atom. The van der Waals surface area contributed by atoms with Gasteiger partial charge in [-0.25, -0.2) is 4.79 Å². The van der Waals surface area contributed by atoms with Crippen molar-refractivity contribution >= 4 is 22.8 Å². The fourth-order valence-electron chi connectivity index (χ4n) is 1.46. The Bertz CT molecular complexity index is 674. The molecule has 0 aliphatic heterocycles. The van der Waals surface area contributed by atoms with Crippen LogP contribution >= 0.6 is 0 Å². The number of H-pyrrole nitrogens is 1. The van der Waals surface area contributed by atoms with Gasteiger partial charge in [-0.2, -0.15) is 0 Å². The molecule has 0 saturated heterocycles. The summed E-state index contributed by atoms with van der Waals surface area (Å²) in [7, 11) is 0. The molecule has 1 aromatic carbocycles. The fraction of sp³-hybridized carbons (Fsp3) is 0. The van der Waals surface area contributed by atoms with Gasteiger partial charge in [0, 0.05) is 16.5 Å². The molecule has 84 valence electrons. The molecular weight excluding hydrogens is 220 g/mol. The van der Waals surface area contributed by atoms with Gasteiger partial charge < -0.3 is 15.8 Å². The highest BCUT2D eigenvalue weighted by Crippen LogP contribution is 2.16. The summed E-state index contributed by atoms with van der Waals surface area (Å²) in [6.07, 6.45) is 0. The van der Waals surface area contributed by atoms with Crippen LogP contribution in [0.1, 0.15) is 16.1 Å². The molecule has 0 atom stereocenters. The number of amides is 1. The molecule has 0 bridgehead atoms. The van der Waals surface area contributed by atoms with Gasteiger partial charge in [-0.05, 0) is 30.2 Å². The van der Waals surface area contributed by atoms with Gasteiger partial charge in [0.25, 0.3) is 5.91 Å². The lowest BCUT2D eigenvalue weighted by atomic mass is 10.1. The van der Waals surface area contributed by atoms with Gasteiger partial charge in [0.2, 0.25) is 0 Å². The summed E-state index contributed by atoms with van der Waals surface area (Å²) in [4.78, 5) is 24.0. The second-order valence-corrected chi connectivity index (χ2v) is 3.40. The van der Waals surface area contributed by atoms with Crippen LogP contribution in [-0.2, 0) is 4.79 Å². The Kier molecular flexibility index (Phi) is 2.55. The highest BCUT2D eigenvalue weighted by Gasteiger charge is 2.06. The van der Waals surface area contributed by atoms with Crippen LogP contribution < -0.4 is 5.73 Å². The summed E-state index contributed by atoms with van der Waals surface area (Å²) in [6, 6.07) is 6.58. The summed E-state index contributed by atoms with van der Waals surface area (Å²) in [5.74, 6) is 3.08. The van der Waals surface area contributed by atoms with E-state index in [4.69, 9.17) is 10.8 Å². The Morgan fingerprint density at radius 3 is 2.71 bits per heavy atom. The van der Waals surface area contributed by atoms with E-state index in [1.54, 1.807) is 18.2 Å². The molecule has 0 saturated carbocycles. The molecule has 0 radical (unpaired) electrons. The van der Waals surface area contributed by atoms with Crippen molar-refractivity contribution in [1.82, 2.24) is 4.98 Å². The lowest BCUT2D eigenvalue weighted by Crippen LogP contribution is -2.06. The number of fused-ring (bicyclic) bond motifs is 1. The van der Waals surface area contributed by atoms with E-state index in [1.165, 1.54) is 6.07 Å². The van der Waals surface area contributed by atoms with E-state index in [1.807, 2.05) is 0 Å². The zero-order chi connectivity index (χ0) is 12.4. The number of hydrogen-bond donors (Lipinski definition) is 3. The summed E-state index contributed by atoms with van der Waals surface area (Å²) in [5.41, 5.74) is 6.32. The molecule has 0 fully saturated rings. The van der Waals surface area contributed by atoms with E-state index < -0.39 is 11.9 Å². The van der Waals surface area contributed by atoms with Crippen LogP contribution in [0.2, 0.25) is 0 Å². The predicted molar refractivity (Wildman–Crippen MR) is 61.3 cm³/mol. The van der Waals surface area contributed by atoms with Crippen LogP contribution in [-0.4, -0.2) is 22.0 Å². The van der Waals surface area contributed by atoms with Crippen molar-refractivity contribution in [3.63, 3.8) is 0 Å². The molecular formula is C12H8N2O3. The number of carboxylic acids is 1. The molecule has 2 rings (SSSR count). The standard InChI is InChI=1S/C12H8N2O3/c13-11(15)4-2-7-1-3-9-8(5-7)6-10(14-9)12(16)17/h1,3,5-6,14H,(H2,13,15)(H,16,17). The maximum absolute atomic E-state index is 10.8. The fourth-order valence-corrected chi connectivity index (χ4v) is 1.46. The van der Waals surface area contributed by atoms with Crippen LogP contribution in [0, 0.1) is 11.8 Å². The largest absolute Gasteiger partial charge is 0.477 e. The Morgan fingerprint density at radius 1 is 1.29 bits per heavy atom. The van der Waals surface area contributed by atoms with E-state index in [0.717, 1.165) is 5.39 Å². The van der Waals surface area contributed by atoms with Crippen LogP contribution in [0.25, 0.3) is 10.9 Å². The highest BCUT2D eigenvalue weighted by atomic mass is 16.4. The maximum atomic E-state index is 10.8. The number of aromatic amines is 1. The predicted octanol–water partition coefficient (Wildman–Crippen LogP) is 0.703. The second kappa shape index (κ2) is 4.02. The number of aromatic nitrogens is 1. The Hall–Kier alpha value is -2.74. The summed E-state index contributed by atoms with van der Waals surface area (Å²) in [5, 5.41) is 9.53. The SMILES string of the molecule is NC(=O)C#Cc1ccc2[nH]c(C(=O)O)cc2c1. The van der Waals surface area contributed by atoms with E-state index in [-0.39, 0.29) is 5.69 Å². The van der Waals surface area contributed by atoms with Crippen molar-refractivity contribution in [2.45, 2.75) is 0 Å². The molecule has 1 aromatic heterocycles. The van der Waals surface area contributed by atoms with Crippen molar-refractivity contribution in [3.8, 4) is 11.8 Å². The third-order valence-electron chi connectivity index (χ3n) is 2.18. The number of nitrogens with one attached hydrogen (secondary N) is 1. The lowest BCUT2D eigenvalue weighted by molar-refractivity contribution is -0.112. The van der Waals surface area contributed by atoms with E-state index in [0.29, 0.717) is 11.1 Å². The molecule has 0 aliphatic rings. The molecule has 1 heterocycles. The summed E-state index contributed by atoms with van der Waals surface area (Å²) >= 11 is 0. The highest BCUT2D eigenvalue weighted by molar-refractivity contribution is 5.95. The third kappa shape index (κ3) is 2.26. The van der Waals surface area contributed by atoms with Crippen molar-refractivity contribution in [2.24, 2.45) is 5.73 Å². The van der Waals surface area contributed by atoms with Gasteiger partial charge in [-0.1, -0.05) is 5.92 Å². The number of rotatable bonds is 1. The Balaban J connectivity index is 2.48. The number of benzene rings is 1. The second-order valence-electron chi connectivity index (χ2n) is 3.40. The van der Waals surface area contributed by atoms with Crippen LogP contribution in [0.4, 0.5) is 0 Å². The minimum atomic E-state index is -1.02. The van der Waals surface area contributed by atoms with Crippen LogP contribution in [0.3, 0.4) is 0 Å². The molecule has 1 amide bonds. The van der Waals surface area contributed by atoms with E-state index in [2.05, 4.69) is 16.8 Å². The minimum Gasteiger partial charge on any atom is -0.477 e. The smallest absolute Gasteiger partial charge is 0.352 e. The molecule has 0 spiro atoms. The monoisotopic (exact) mass is 228 g/mol. The topological polar surface area (TPSA) is 96.2 Å². The maximum Gasteiger partial charge on any atom is 0.352 e. The zero-order valence-electron chi connectivity index (χ0n) is 8.65. The first-order valence-corrected chi connectivity index (χ1v) is 4.74. The molecule has 0 aliphatic carbocycles. The number of carboxylic acid groups (broad SMARTS) is 1. The van der Waals surface area contributed by atoms with Gasteiger partial charge in [0.05, 0.1) is 0 Å². The number of hydrogen-bond acceptors (Lipinski definition) is 2. The molecule has 4 N–H and O–H groups in total. The van der Waals surface area contributed by atoms with E-state index in [9.17, 15) is 9.59 Å². The van der Waals surface area contributed by atoms with Crippen molar-refractivity contribution in [2.75, 3.05) is 0 Å². The van der Waals surface area contributed by atoms with Crippen molar-refractivity contribution in [1.29, 1.82) is 0 Å². The van der Waals surface area contributed by atoms with Crippen molar-refractivity contribution < 1.29 is 14.7 Å². The number of primary amides is 1. The number of carbonyl (C=O) groups is 2. The third-order valence-corrected chi connectivity index (χ3v) is 2.18. The quantitative estimate of drug-likeness (QED) is 0.627. The normalized spacial score (nSPS) is 9.65. The van der Waals surface area contributed by atoms with Gasteiger partial charge in [-0.3, -0.25) is 4.79 Å². The first-order valence-electron chi connectivity index (χ1n) is 4.74. The van der Waals surface area contributed by atoms with Crippen LogP contribution in [0.5, 0.6) is 0 Å². The molecule has 0 unspecified atom stereocenters.